The third kappa shape index (κ3) is 3.72. The molecule has 0 fully saturated rings. The second-order valence-corrected chi connectivity index (χ2v) is 9.70. The van der Waals surface area contributed by atoms with E-state index in [-0.39, 0.29) is 11.4 Å². The quantitative estimate of drug-likeness (QED) is 0.503. The van der Waals surface area contributed by atoms with E-state index in [4.69, 9.17) is 5.41 Å². The summed E-state index contributed by atoms with van der Waals surface area (Å²) < 4.78 is 2.19. The second-order valence-electron chi connectivity index (χ2n) is 8.75. The van der Waals surface area contributed by atoms with Crippen molar-refractivity contribution in [2.75, 3.05) is 0 Å². The van der Waals surface area contributed by atoms with Crippen LogP contribution in [0.3, 0.4) is 0 Å². The highest BCUT2D eigenvalue weighted by atomic mass is 32.2. The Morgan fingerprint density at radius 1 is 0.971 bits per heavy atom. The predicted octanol–water partition coefficient (Wildman–Crippen LogP) is 5.69. The summed E-state index contributed by atoms with van der Waals surface area (Å²) in [4.78, 5) is 17.2. The van der Waals surface area contributed by atoms with Crippen molar-refractivity contribution in [3.63, 3.8) is 0 Å². The van der Waals surface area contributed by atoms with Crippen molar-refractivity contribution in [1.29, 1.82) is 5.41 Å². The molecule has 2 aliphatic rings. The molecule has 5 rings (SSSR count). The summed E-state index contributed by atoms with van der Waals surface area (Å²) in [6, 6.07) is 16.4. The number of amidine groups is 2. The maximum absolute atomic E-state index is 12.9. The van der Waals surface area contributed by atoms with Crippen molar-refractivity contribution in [1.82, 2.24) is 9.58 Å². The number of carbonyl (C=O) groups excluding carboxylic acids is 1. The lowest BCUT2D eigenvalue weighted by Gasteiger charge is -2.20. The van der Waals surface area contributed by atoms with E-state index in [0.717, 1.165) is 38.8 Å². The molecule has 2 aliphatic heterocycles. The van der Waals surface area contributed by atoms with Crippen molar-refractivity contribution < 1.29 is 4.79 Å². The maximum atomic E-state index is 12.9. The summed E-state index contributed by atoms with van der Waals surface area (Å²) >= 11 is 1.31. The Labute approximate surface area is 203 Å². The van der Waals surface area contributed by atoms with Gasteiger partial charge in [0, 0.05) is 22.6 Å². The fourth-order valence-electron chi connectivity index (χ4n) is 4.40. The molecule has 0 aliphatic carbocycles. The third-order valence-electron chi connectivity index (χ3n) is 6.08. The van der Waals surface area contributed by atoms with Gasteiger partial charge in [-0.15, -0.1) is 0 Å². The van der Waals surface area contributed by atoms with Crippen molar-refractivity contribution >= 4 is 39.8 Å². The van der Waals surface area contributed by atoms with E-state index in [1.165, 1.54) is 27.9 Å². The van der Waals surface area contributed by atoms with Crippen molar-refractivity contribution in [2.45, 2.75) is 34.6 Å². The first-order valence-electron chi connectivity index (χ1n) is 11.1. The van der Waals surface area contributed by atoms with Gasteiger partial charge in [-0.3, -0.25) is 10.2 Å². The number of hydrazone groups is 1. The molecule has 3 heterocycles. The smallest absolute Gasteiger partial charge is 0.283 e. The van der Waals surface area contributed by atoms with Gasteiger partial charge >= 0.3 is 0 Å². The number of carbonyl (C=O) groups is 1. The second kappa shape index (κ2) is 8.25. The molecule has 170 valence electrons. The van der Waals surface area contributed by atoms with Crippen LogP contribution in [0.1, 0.15) is 39.2 Å². The summed E-state index contributed by atoms with van der Waals surface area (Å²) in [6.07, 6.45) is 1.76. The zero-order valence-corrected chi connectivity index (χ0v) is 20.6. The van der Waals surface area contributed by atoms with Gasteiger partial charge in [0.2, 0.25) is 5.17 Å². The molecule has 0 spiro atoms. The summed E-state index contributed by atoms with van der Waals surface area (Å²) in [6.45, 7) is 10.3. The number of aryl methyl sites for hydroxylation is 4. The van der Waals surface area contributed by atoms with E-state index in [2.05, 4.69) is 46.7 Å². The molecule has 7 heteroatoms. The van der Waals surface area contributed by atoms with E-state index in [1.807, 2.05) is 51.1 Å². The van der Waals surface area contributed by atoms with Crippen LogP contribution in [0.15, 0.2) is 64.2 Å². The van der Waals surface area contributed by atoms with Crippen molar-refractivity contribution in [3.8, 4) is 5.69 Å². The number of benzene rings is 2. The zero-order valence-electron chi connectivity index (χ0n) is 19.8. The largest absolute Gasteiger partial charge is 0.318 e. The molecular weight excluding hydrogens is 442 g/mol. The molecule has 0 radical (unpaired) electrons. The number of thioether (sulfide) groups is 1. The van der Waals surface area contributed by atoms with E-state index in [9.17, 15) is 4.79 Å². The molecule has 34 heavy (non-hydrogen) atoms. The molecule has 0 saturated carbocycles. The maximum Gasteiger partial charge on any atom is 0.283 e. The van der Waals surface area contributed by atoms with Crippen LogP contribution >= 0.6 is 11.8 Å². The molecule has 3 aromatic rings. The number of aromatic nitrogens is 1. The SMILES string of the molecule is Cc1cccc(C2=NN3C(=N)/C(=C/c4cc(C)n(-c5ccc(C)cc5C)c4C)C(=O)N=C3S2)c1. The monoisotopic (exact) mass is 467 g/mol. The van der Waals surface area contributed by atoms with Crippen molar-refractivity contribution in [2.24, 2.45) is 10.1 Å². The Balaban J connectivity index is 1.52. The van der Waals surface area contributed by atoms with Crippen LogP contribution in [0, 0.1) is 40.0 Å². The lowest BCUT2D eigenvalue weighted by Crippen LogP contribution is -2.35. The van der Waals surface area contributed by atoms with Gasteiger partial charge in [-0.1, -0.05) is 41.5 Å². The van der Waals surface area contributed by atoms with Gasteiger partial charge in [-0.25, -0.2) is 0 Å². The summed E-state index contributed by atoms with van der Waals surface area (Å²) in [7, 11) is 0. The molecule has 0 bridgehead atoms. The Morgan fingerprint density at radius 2 is 1.74 bits per heavy atom. The highest BCUT2D eigenvalue weighted by Crippen LogP contribution is 2.32. The number of rotatable bonds is 3. The highest BCUT2D eigenvalue weighted by molar-refractivity contribution is 8.27. The number of aliphatic imine (C=N–C) groups is 1. The summed E-state index contributed by atoms with van der Waals surface area (Å²) in [5.41, 5.74) is 8.78. The van der Waals surface area contributed by atoms with Crippen LogP contribution in [-0.4, -0.2) is 31.5 Å². The molecule has 0 unspecified atom stereocenters. The fraction of sp³-hybridized carbons (Fsp3) is 0.185. The number of nitrogens with zero attached hydrogens (tertiary/aromatic N) is 4. The Kier molecular flexibility index (Phi) is 5.37. The average Bonchev–Trinajstić information content (AvgIpc) is 3.32. The highest BCUT2D eigenvalue weighted by Gasteiger charge is 2.36. The zero-order chi connectivity index (χ0) is 24.1. The van der Waals surface area contributed by atoms with Crippen LogP contribution in [0.25, 0.3) is 11.8 Å². The molecule has 1 N–H and O–H groups in total. The Bertz CT molecular complexity index is 1470. The first-order chi connectivity index (χ1) is 16.2. The van der Waals surface area contributed by atoms with Gasteiger partial charge in [-0.2, -0.15) is 15.1 Å². The number of amides is 1. The van der Waals surface area contributed by atoms with E-state index in [0.29, 0.717) is 5.17 Å². The lowest BCUT2D eigenvalue weighted by atomic mass is 10.1. The van der Waals surface area contributed by atoms with E-state index in [1.54, 1.807) is 6.08 Å². The minimum atomic E-state index is -0.416. The van der Waals surface area contributed by atoms with E-state index >= 15 is 0 Å². The van der Waals surface area contributed by atoms with E-state index < -0.39 is 5.91 Å². The number of nitrogens with one attached hydrogen (secondary N) is 1. The Hall–Kier alpha value is -3.71. The van der Waals surface area contributed by atoms with Crippen LogP contribution in [0.2, 0.25) is 0 Å². The van der Waals surface area contributed by atoms with Gasteiger partial charge in [0.1, 0.15) is 5.04 Å². The average molecular weight is 468 g/mol. The van der Waals surface area contributed by atoms with Gasteiger partial charge < -0.3 is 4.57 Å². The van der Waals surface area contributed by atoms with Crippen LogP contribution in [0.5, 0.6) is 0 Å². The summed E-state index contributed by atoms with van der Waals surface area (Å²) in [5.74, 6) is -0.373. The molecule has 2 aromatic carbocycles. The number of hydrogen-bond donors (Lipinski definition) is 1. The van der Waals surface area contributed by atoms with Crippen LogP contribution in [-0.2, 0) is 4.79 Å². The molecule has 1 amide bonds. The normalized spacial score (nSPS) is 16.7. The molecular formula is C27H25N5OS. The van der Waals surface area contributed by atoms with Gasteiger partial charge in [-0.05, 0) is 81.8 Å². The molecule has 0 saturated heterocycles. The fourth-order valence-corrected chi connectivity index (χ4v) is 5.29. The topological polar surface area (TPSA) is 73.8 Å². The molecule has 0 atom stereocenters. The minimum absolute atomic E-state index is 0.0430. The number of hydrogen-bond acceptors (Lipinski definition) is 4. The lowest BCUT2D eigenvalue weighted by molar-refractivity contribution is -0.114. The first-order valence-corrected chi connectivity index (χ1v) is 11.9. The van der Waals surface area contributed by atoms with Crippen molar-refractivity contribution in [3.05, 3.63) is 93.3 Å². The Morgan fingerprint density at radius 3 is 2.47 bits per heavy atom. The predicted molar refractivity (Wildman–Crippen MR) is 140 cm³/mol. The standard InChI is InChI=1S/C27H25N5OS/c1-15-7-6-8-20(12-15)26-30-32-24(28)22(25(33)29-27(32)34-26)14-21-13-18(4)31(19(21)5)23-10-9-16(2)11-17(23)3/h6-14,28H,1-5H3/b22-14-,28-24?. The van der Waals surface area contributed by atoms with Gasteiger partial charge in [0.05, 0.1) is 5.57 Å². The first kappa shape index (κ1) is 22.1. The van der Waals surface area contributed by atoms with Crippen LogP contribution < -0.4 is 0 Å². The number of fused-ring (bicyclic) bond motifs is 1. The molecule has 1 aromatic heterocycles. The van der Waals surface area contributed by atoms with Crippen LogP contribution in [0.4, 0.5) is 0 Å². The minimum Gasteiger partial charge on any atom is -0.318 e. The third-order valence-corrected chi connectivity index (χ3v) is 7.04. The summed E-state index contributed by atoms with van der Waals surface area (Å²) in [5, 5.41) is 15.9. The van der Waals surface area contributed by atoms with Gasteiger partial charge in [0.15, 0.2) is 5.84 Å². The van der Waals surface area contributed by atoms with Gasteiger partial charge in [0.25, 0.3) is 5.91 Å². The molecule has 6 nitrogen and oxygen atoms in total.